The maximum absolute atomic E-state index is 13.4. The van der Waals surface area contributed by atoms with E-state index >= 15 is 0 Å². The van der Waals surface area contributed by atoms with Crippen molar-refractivity contribution in [2.45, 2.75) is 138 Å². The summed E-state index contributed by atoms with van der Waals surface area (Å²) in [5.74, 6) is -2.71. The summed E-state index contributed by atoms with van der Waals surface area (Å²) in [5.41, 5.74) is 17.1. The van der Waals surface area contributed by atoms with Gasteiger partial charge in [0.2, 0.25) is 23.6 Å². The molecule has 0 aromatic heterocycles. The molecule has 0 saturated heterocycles. The first-order valence-electron chi connectivity index (χ1n) is 40.5. The molecule has 0 saturated carbocycles. The molecule has 0 aliphatic carbocycles. The number of nitrogens with zero attached hydrogens (tertiary/aromatic N) is 4. The molecule has 0 N–H and O–H groups in total. The molecule has 0 bridgehead atoms. The lowest BCUT2D eigenvalue weighted by Crippen LogP contribution is -2.40. The van der Waals surface area contributed by atoms with Crippen LogP contribution in [0.5, 0.6) is 5.75 Å². The molecule has 4 amide bonds. The maximum atomic E-state index is 13.4. The van der Waals surface area contributed by atoms with Crippen LogP contribution < -0.4 is 4.74 Å². The Kier molecular flexibility index (Phi) is 36.5. The number of benzene rings is 8. The molecular weight excluding hydrogens is 1650 g/mol. The molecule has 4 aliphatic heterocycles. The number of methoxy groups -OCH3 is 5. The number of allylic oxidation sites excluding steroid dienone is 4. The predicted molar refractivity (Wildman–Crippen MR) is 476 cm³/mol. The van der Waals surface area contributed by atoms with Crippen molar-refractivity contribution < 1.29 is 81.0 Å². The van der Waals surface area contributed by atoms with Crippen molar-refractivity contribution in [3.63, 3.8) is 0 Å². The first-order chi connectivity index (χ1) is 59.0. The van der Waals surface area contributed by atoms with Gasteiger partial charge in [-0.25, -0.2) is 19.2 Å². The first kappa shape index (κ1) is 96.1. The molecule has 0 fully saturated rings. The summed E-state index contributed by atoms with van der Waals surface area (Å²) in [6.07, 6.45) is 0.747. The second kappa shape index (κ2) is 46.7. The average Bonchev–Trinajstić information content (AvgIpc) is 0.791. The number of aryl methyl sites for hydroxylation is 5. The Morgan fingerprint density at radius 3 is 0.894 bits per heavy atom. The highest BCUT2D eigenvalue weighted by molar-refractivity contribution is 6.31. The van der Waals surface area contributed by atoms with Crippen LogP contribution in [-0.2, 0) is 103 Å². The monoisotopic (exact) mass is 1750 g/mol. The zero-order chi connectivity index (χ0) is 89.1. The van der Waals surface area contributed by atoms with Gasteiger partial charge in [0.25, 0.3) is 0 Å². The van der Waals surface area contributed by atoms with E-state index in [9.17, 15) is 38.4 Å². The second-order valence-corrected chi connectivity index (χ2v) is 32.1. The van der Waals surface area contributed by atoms with Gasteiger partial charge < -0.3 is 62.2 Å². The summed E-state index contributed by atoms with van der Waals surface area (Å²) in [6, 6.07) is 56.2. The van der Waals surface area contributed by atoms with Crippen LogP contribution in [0.2, 0.25) is 20.1 Å². The predicted octanol–water partition coefficient (Wildman–Crippen LogP) is 18.8. The zero-order valence-electron chi connectivity index (χ0n) is 72.2. The van der Waals surface area contributed by atoms with Gasteiger partial charge in [-0.05, 0) is 179 Å². The van der Waals surface area contributed by atoms with Gasteiger partial charge in [0.15, 0.2) is 0 Å². The first-order valence-corrected chi connectivity index (χ1v) is 42.0. The smallest absolute Gasteiger partial charge is 0.336 e. The minimum absolute atomic E-state index is 0.0405. The molecule has 4 aliphatic rings. The average molecular weight is 1760 g/mol. The largest absolute Gasteiger partial charge is 0.497 e. The Bertz CT molecular complexity index is 5160. The van der Waals surface area contributed by atoms with Gasteiger partial charge in [0, 0.05) is 147 Å². The third kappa shape index (κ3) is 26.2. The molecule has 4 atom stereocenters. The number of halogens is 4. The molecular formula is C98H108Cl4N4O17. The van der Waals surface area contributed by atoms with E-state index in [-0.39, 0.29) is 93.5 Å². The summed E-state index contributed by atoms with van der Waals surface area (Å²) >= 11 is 24.1. The Hall–Kier alpha value is -10.7. The van der Waals surface area contributed by atoms with Crippen molar-refractivity contribution in [1.82, 2.24) is 19.6 Å². The number of hydrogen-bond donors (Lipinski definition) is 0. The van der Waals surface area contributed by atoms with E-state index < -0.39 is 29.8 Å². The fourth-order valence-corrected chi connectivity index (χ4v) is 15.9. The third-order valence-corrected chi connectivity index (χ3v) is 23.0. The molecule has 8 aromatic rings. The highest BCUT2D eigenvalue weighted by Crippen LogP contribution is 2.43. The van der Waals surface area contributed by atoms with Gasteiger partial charge in [0.05, 0.1) is 55.8 Å². The molecule has 0 spiro atoms. The molecule has 4 unspecified atom stereocenters. The quantitative estimate of drug-likeness (QED) is 0.0313. The van der Waals surface area contributed by atoms with Crippen LogP contribution in [0.3, 0.4) is 0 Å². The summed E-state index contributed by atoms with van der Waals surface area (Å²) in [7, 11) is 7.92. The molecule has 0 radical (unpaired) electrons. The number of carbonyl (C=O) groups excluding carboxylic acids is 8. The SMILES string of the molecule is COCCN1C(=O)CC(c2ccc(Cl)cc2)C(C(=O)OCc2c(C)cc(C)cc2C)=C1C.COCCN1C(=O)CC(c2ccc(Cl)cc2)C(C(=O)OCc2ccc(C)cc2)=C1C.COCCN1C(=O)CC(c2ccc(Cl)cc2)C(C(=O)OCc2cccc(C)c2)=C1C.COCCN1C(=O)CC(c2ccc(Cl)cc2)C(C(=O)OCc2cccc(OC)c2)=C1C. The van der Waals surface area contributed by atoms with Crippen LogP contribution in [0.25, 0.3) is 0 Å². The van der Waals surface area contributed by atoms with Crippen LogP contribution in [0.15, 0.2) is 227 Å². The van der Waals surface area contributed by atoms with Gasteiger partial charge in [-0.2, -0.15) is 0 Å². The highest BCUT2D eigenvalue weighted by atomic mass is 35.5. The summed E-state index contributed by atoms with van der Waals surface area (Å²) < 4.78 is 48.5. The number of amides is 4. The molecule has 123 heavy (non-hydrogen) atoms. The summed E-state index contributed by atoms with van der Waals surface area (Å²) in [6.45, 7) is 21.0. The number of carbonyl (C=O) groups is 8. The number of hydrogen-bond acceptors (Lipinski definition) is 17. The second-order valence-electron chi connectivity index (χ2n) is 30.4. The van der Waals surface area contributed by atoms with Gasteiger partial charge in [0.1, 0.15) is 32.2 Å². The van der Waals surface area contributed by atoms with Gasteiger partial charge in [-0.15, -0.1) is 0 Å². The fraction of sp³-hybridized carbons (Fsp3) is 0.347. The lowest BCUT2D eigenvalue weighted by atomic mass is 9.83. The Morgan fingerprint density at radius 1 is 0.317 bits per heavy atom. The summed E-state index contributed by atoms with van der Waals surface area (Å²) in [4.78, 5) is 111. The zero-order valence-corrected chi connectivity index (χ0v) is 75.2. The van der Waals surface area contributed by atoms with Crippen molar-refractivity contribution in [1.29, 1.82) is 0 Å². The van der Waals surface area contributed by atoms with Crippen LogP contribution >= 0.6 is 46.4 Å². The number of esters is 4. The van der Waals surface area contributed by atoms with Crippen molar-refractivity contribution in [2.24, 2.45) is 0 Å². The van der Waals surface area contributed by atoms with E-state index in [1.54, 1.807) is 131 Å². The molecule has 21 nitrogen and oxygen atoms in total. The van der Waals surface area contributed by atoms with E-state index in [4.69, 9.17) is 89.0 Å². The van der Waals surface area contributed by atoms with E-state index in [0.717, 1.165) is 66.8 Å². The minimum atomic E-state index is -0.449. The molecule has 650 valence electrons. The van der Waals surface area contributed by atoms with Gasteiger partial charge >= 0.3 is 23.9 Å². The molecule has 8 aromatic carbocycles. The van der Waals surface area contributed by atoms with Crippen molar-refractivity contribution in [3.8, 4) is 5.75 Å². The van der Waals surface area contributed by atoms with Crippen LogP contribution in [0.1, 0.15) is 149 Å². The van der Waals surface area contributed by atoms with Gasteiger partial charge in [-0.3, -0.25) is 19.2 Å². The standard InChI is InChI=1S/C26H30ClNO4.C24H26ClNO5.2C24H26ClNO4/c1-16-12-17(2)23(18(3)13-16)15-32-26(30)25-19(4)28(10-11-31-5)24(29)14-22(25)20-6-8-21(27)9-7-20;1-16-23(24(28)31-15-17-5-4-6-20(13-17)30-3)21(18-7-9-19(25)10-8-18)14-22(27)26(16)11-12-29-2;1-16-4-6-18(7-5-16)15-30-24(28)23-17(2)26(12-13-29-3)22(27)14-21(23)19-8-10-20(25)11-9-19;1-16-5-4-6-18(13-16)15-30-24(28)23-17(2)26(11-12-29-3)22(27)14-21(23)19-7-9-20(25)10-8-19/h6-9,12-13,22H,10-11,14-15H2,1-5H3;4-10,13,21H,11-12,14-15H2,1-3H3;4-11,21H,12-15H2,1-3H3;4-10,13,21H,11-12,14-15H2,1-3H3. The molecule has 12 rings (SSSR count). The van der Waals surface area contributed by atoms with E-state index in [0.29, 0.717) is 124 Å². The normalized spacial score (nSPS) is 16.6. The Morgan fingerprint density at radius 2 is 0.602 bits per heavy atom. The molecule has 4 heterocycles. The maximum Gasteiger partial charge on any atom is 0.336 e. The lowest BCUT2D eigenvalue weighted by Gasteiger charge is -2.34. The van der Waals surface area contributed by atoms with Crippen LogP contribution in [0.4, 0.5) is 0 Å². The van der Waals surface area contributed by atoms with Gasteiger partial charge in [-0.1, -0.05) is 184 Å². The molecule has 25 heteroatoms. The summed E-state index contributed by atoms with van der Waals surface area (Å²) in [5, 5.41) is 2.40. The van der Waals surface area contributed by atoms with Crippen LogP contribution in [0, 0.1) is 34.6 Å². The Balaban J connectivity index is 0.000000186. The third-order valence-electron chi connectivity index (χ3n) is 22.0. The van der Waals surface area contributed by atoms with Crippen molar-refractivity contribution in [2.75, 3.05) is 88.2 Å². The topological polar surface area (TPSA) is 233 Å². The van der Waals surface area contributed by atoms with Crippen LogP contribution in [-0.4, -0.2) is 155 Å². The van der Waals surface area contributed by atoms with E-state index in [1.807, 2.05) is 156 Å². The highest BCUT2D eigenvalue weighted by Gasteiger charge is 2.42. The van der Waals surface area contributed by atoms with E-state index in [1.165, 1.54) is 5.56 Å². The van der Waals surface area contributed by atoms with Crippen molar-refractivity contribution >= 4 is 93.9 Å². The number of ether oxygens (including phenoxy) is 9. The minimum Gasteiger partial charge on any atom is -0.497 e. The Labute approximate surface area is 741 Å². The number of rotatable bonds is 29. The lowest BCUT2D eigenvalue weighted by molar-refractivity contribution is -0.143. The van der Waals surface area contributed by atoms with E-state index in [2.05, 4.69) is 12.1 Å². The van der Waals surface area contributed by atoms with Crippen molar-refractivity contribution in [3.05, 3.63) is 319 Å². The fourth-order valence-electron chi connectivity index (χ4n) is 15.4.